The Bertz CT molecular complexity index is 453. The molecule has 1 aromatic rings. The van der Waals surface area contributed by atoms with Crippen LogP contribution in [0.4, 0.5) is 5.69 Å². The third-order valence-electron chi connectivity index (χ3n) is 3.86. The van der Waals surface area contributed by atoms with Gasteiger partial charge in [-0.25, -0.2) is 4.79 Å². The van der Waals surface area contributed by atoms with Crippen LogP contribution in [0.5, 0.6) is 0 Å². The Morgan fingerprint density at radius 1 is 1.37 bits per heavy atom. The van der Waals surface area contributed by atoms with Gasteiger partial charge in [-0.1, -0.05) is 24.9 Å². The first-order valence-corrected chi connectivity index (χ1v) is 7.24. The standard InChI is InChI=1S/C15H20ClNO2/c1-2-10-3-6-12(7-4-10)19-15(18)13-9-11(17)5-8-14(13)16/h5,8-10,12H,2-4,6-7,17H2,1H3. The number of nitrogen functional groups attached to an aromatic ring is 1. The molecule has 1 aliphatic rings. The maximum atomic E-state index is 12.1. The Labute approximate surface area is 119 Å². The molecule has 0 aliphatic heterocycles. The predicted molar refractivity (Wildman–Crippen MR) is 77.3 cm³/mol. The Hall–Kier alpha value is -1.22. The molecule has 0 bridgehead atoms. The van der Waals surface area contributed by atoms with Crippen molar-refractivity contribution in [1.29, 1.82) is 0 Å². The van der Waals surface area contributed by atoms with Crippen molar-refractivity contribution in [1.82, 2.24) is 0 Å². The van der Waals surface area contributed by atoms with Gasteiger partial charge in [0.2, 0.25) is 0 Å². The maximum Gasteiger partial charge on any atom is 0.340 e. The van der Waals surface area contributed by atoms with E-state index in [0.717, 1.165) is 31.6 Å². The topological polar surface area (TPSA) is 52.3 Å². The zero-order valence-corrected chi connectivity index (χ0v) is 12.0. The number of esters is 1. The van der Waals surface area contributed by atoms with E-state index in [-0.39, 0.29) is 12.1 Å². The lowest BCUT2D eigenvalue weighted by atomic mass is 9.86. The van der Waals surface area contributed by atoms with Crippen LogP contribution in [-0.4, -0.2) is 12.1 Å². The van der Waals surface area contributed by atoms with E-state index in [4.69, 9.17) is 22.1 Å². The lowest BCUT2D eigenvalue weighted by Gasteiger charge is -2.27. The van der Waals surface area contributed by atoms with Crippen molar-refractivity contribution in [3.63, 3.8) is 0 Å². The van der Waals surface area contributed by atoms with Gasteiger partial charge in [0.1, 0.15) is 6.10 Å². The highest BCUT2D eigenvalue weighted by molar-refractivity contribution is 6.33. The summed E-state index contributed by atoms with van der Waals surface area (Å²) < 4.78 is 5.53. The summed E-state index contributed by atoms with van der Waals surface area (Å²) in [5.74, 6) is 0.420. The van der Waals surface area contributed by atoms with Gasteiger partial charge in [-0.2, -0.15) is 0 Å². The summed E-state index contributed by atoms with van der Waals surface area (Å²) in [7, 11) is 0. The number of nitrogens with two attached hydrogens (primary N) is 1. The summed E-state index contributed by atoms with van der Waals surface area (Å²) in [6, 6.07) is 4.87. The lowest BCUT2D eigenvalue weighted by molar-refractivity contribution is 0.0164. The largest absolute Gasteiger partial charge is 0.459 e. The minimum absolute atomic E-state index is 0.0211. The van der Waals surface area contributed by atoms with E-state index in [1.807, 2.05) is 0 Å². The number of anilines is 1. The van der Waals surface area contributed by atoms with Gasteiger partial charge in [0.05, 0.1) is 10.6 Å². The van der Waals surface area contributed by atoms with E-state index in [0.29, 0.717) is 16.3 Å². The van der Waals surface area contributed by atoms with Crippen molar-refractivity contribution in [3.8, 4) is 0 Å². The average molecular weight is 282 g/mol. The number of hydrogen-bond acceptors (Lipinski definition) is 3. The number of carbonyl (C=O) groups is 1. The highest BCUT2D eigenvalue weighted by atomic mass is 35.5. The molecule has 104 valence electrons. The van der Waals surface area contributed by atoms with Crippen LogP contribution >= 0.6 is 11.6 Å². The van der Waals surface area contributed by atoms with E-state index in [2.05, 4.69) is 6.92 Å². The number of hydrogen-bond donors (Lipinski definition) is 1. The third kappa shape index (κ3) is 3.63. The highest BCUT2D eigenvalue weighted by Gasteiger charge is 2.24. The van der Waals surface area contributed by atoms with Crippen LogP contribution in [0.3, 0.4) is 0 Å². The average Bonchev–Trinajstić information content (AvgIpc) is 2.42. The molecule has 0 spiro atoms. The molecule has 1 aliphatic carbocycles. The van der Waals surface area contributed by atoms with Gasteiger partial charge < -0.3 is 10.5 Å². The zero-order chi connectivity index (χ0) is 13.8. The summed E-state index contributed by atoms with van der Waals surface area (Å²) in [6.07, 6.45) is 5.40. The van der Waals surface area contributed by atoms with Crippen LogP contribution in [0, 0.1) is 5.92 Å². The van der Waals surface area contributed by atoms with Crippen molar-refractivity contribution >= 4 is 23.3 Å². The fourth-order valence-electron chi connectivity index (χ4n) is 2.57. The minimum atomic E-state index is -0.364. The minimum Gasteiger partial charge on any atom is -0.459 e. The van der Waals surface area contributed by atoms with Crippen LogP contribution in [-0.2, 0) is 4.74 Å². The van der Waals surface area contributed by atoms with Gasteiger partial charge in [0.25, 0.3) is 0 Å². The number of halogens is 1. The van der Waals surface area contributed by atoms with Crippen LogP contribution in [0.1, 0.15) is 49.4 Å². The molecule has 0 heterocycles. The van der Waals surface area contributed by atoms with Crippen LogP contribution < -0.4 is 5.73 Å². The predicted octanol–water partition coefficient (Wildman–Crippen LogP) is 4.05. The summed E-state index contributed by atoms with van der Waals surface area (Å²) in [5.41, 5.74) is 6.55. The smallest absolute Gasteiger partial charge is 0.340 e. The second-order valence-electron chi connectivity index (χ2n) is 5.20. The maximum absolute atomic E-state index is 12.1. The normalized spacial score (nSPS) is 23.1. The van der Waals surface area contributed by atoms with Crippen molar-refractivity contribution in [2.45, 2.75) is 45.1 Å². The van der Waals surface area contributed by atoms with Crippen molar-refractivity contribution in [2.75, 3.05) is 5.73 Å². The number of ether oxygens (including phenoxy) is 1. The third-order valence-corrected chi connectivity index (χ3v) is 4.18. The SMILES string of the molecule is CCC1CCC(OC(=O)c2cc(N)ccc2Cl)CC1. The summed E-state index contributed by atoms with van der Waals surface area (Å²) in [6.45, 7) is 2.21. The fourth-order valence-corrected chi connectivity index (χ4v) is 2.77. The molecule has 3 nitrogen and oxygen atoms in total. The number of carbonyl (C=O) groups excluding carboxylic acids is 1. The quantitative estimate of drug-likeness (QED) is 0.672. The molecule has 1 saturated carbocycles. The first-order chi connectivity index (χ1) is 9.10. The van der Waals surface area contributed by atoms with Crippen molar-refractivity contribution < 1.29 is 9.53 Å². The Morgan fingerprint density at radius 3 is 2.68 bits per heavy atom. The van der Waals surface area contributed by atoms with E-state index in [1.54, 1.807) is 18.2 Å². The lowest BCUT2D eigenvalue weighted by Crippen LogP contribution is -2.24. The van der Waals surface area contributed by atoms with Crippen LogP contribution in [0.25, 0.3) is 0 Å². The molecule has 4 heteroatoms. The molecular weight excluding hydrogens is 262 g/mol. The molecule has 0 amide bonds. The fraction of sp³-hybridized carbons (Fsp3) is 0.533. The molecule has 0 radical (unpaired) electrons. The second kappa shape index (κ2) is 6.29. The second-order valence-corrected chi connectivity index (χ2v) is 5.60. The number of rotatable bonds is 3. The molecule has 0 atom stereocenters. The van der Waals surface area contributed by atoms with Gasteiger partial charge in [0, 0.05) is 5.69 Å². The molecule has 1 aromatic carbocycles. The molecular formula is C15H20ClNO2. The van der Waals surface area contributed by atoms with Gasteiger partial charge in [0.15, 0.2) is 0 Å². The molecule has 1 fully saturated rings. The van der Waals surface area contributed by atoms with Gasteiger partial charge in [-0.05, 0) is 49.8 Å². The molecule has 2 N–H and O–H groups in total. The highest BCUT2D eigenvalue weighted by Crippen LogP contribution is 2.29. The first-order valence-electron chi connectivity index (χ1n) is 6.86. The first kappa shape index (κ1) is 14.2. The van der Waals surface area contributed by atoms with Gasteiger partial charge in [-0.3, -0.25) is 0 Å². The summed E-state index contributed by atoms with van der Waals surface area (Å²) in [4.78, 5) is 12.1. The monoisotopic (exact) mass is 281 g/mol. The van der Waals surface area contributed by atoms with Gasteiger partial charge in [-0.15, -0.1) is 0 Å². The molecule has 0 aromatic heterocycles. The Morgan fingerprint density at radius 2 is 2.05 bits per heavy atom. The van der Waals surface area contributed by atoms with Gasteiger partial charge >= 0.3 is 5.97 Å². The summed E-state index contributed by atoms with van der Waals surface area (Å²) in [5, 5.41) is 0.390. The van der Waals surface area contributed by atoms with Crippen molar-refractivity contribution in [2.24, 2.45) is 5.92 Å². The van der Waals surface area contributed by atoms with E-state index < -0.39 is 0 Å². The van der Waals surface area contributed by atoms with Crippen molar-refractivity contribution in [3.05, 3.63) is 28.8 Å². The molecule has 0 saturated heterocycles. The van der Waals surface area contributed by atoms with Crippen LogP contribution in [0.15, 0.2) is 18.2 Å². The van der Waals surface area contributed by atoms with Crippen LogP contribution in [0.2, 0.25) is 5.02 Å². The molecule has 19 heavy (non-hydrogen) atoms. The van der Waals surface area contributed by atoms with E-state index >= 15 is 0 Å². The number of benzene rings is 1. The molecule has 0 unspecified atom stereocenters. The van der Waals surface area contributed by atoms with E-state index in [9.17, 15) is 4.79 Å². The Kier molecular flexibility index (Phi) is 4.70. The summed E-state index contributed by atoms with van der Waals surface area (Å²) >= 11 is 6.00. The van der Waals surface area contributed by atoms with E-state index in [1.165, 1.54) is 6.42 Å². The Balaban J connectivity index is 1.96. The zero-order valence-electron chi connectivity index (χ0n) is 11.2. The molecule has 2 rings (SSSR count).